The molecule has 2 N–H and O–H groups in total. The van der Waals surface area contributed by atoms with Gasteiger partial charge in [0.1, 0.15) is 5.60 Å². The lowest BCUT2D eigenvalue weighted by Gasteiger charge is -2.30. The molecule has 1 fully saturated rings. The van der Waals surface area contributed by atoms with Crippen LogP contribution in [-0.4, -0.2) is 30.8 Å². The Labute approximate surface area is 111 Å². The van der Waals surface area contributed by atoms with Gasteiger partial charge in [0.2, 0.25) is 0 Å². The van der Waals surface area contributed by atoms with E-state index in [1.54, 1.807) is 0 Å². The molecular weight excluding hydrogens is 228 g/mol. The van der Waals surface area contributed by atoms with Crippen LogP contribution in [0.15, 0.2) is 0 Å². The van der Waals surface area contributed by atoms with Crippen molar-refractivity contribution in [3.63, 3.8) is 0 Å². The van der Waals surface area contributed by atoms with Gasteiger partial charge in [-0.1, -0.05) is 13.3 Å². The van der Waals surface area contributed by atoms with E-state index in [4.69, 9.17) is 4.74 Å². The zero-order valence-electron chi connectivity index (χ0n) is 12.2. The molecule has 1 amide bonds. The average molecular weight is 256 g/mol. The fourth-order valence-corrected chi connectivity index (χ4v) is 2.29. The summed E-state index contributed by atoms with van der Waals surface area (Å²) < 4.78 is 5.22. The van der Waals surface area contributed by atoms with Crippen LogP contribution in [0.1, 0.15) is 53.4 Å². The number of carbonyl (C=O) groups excluding carboxylic acids is 1. The Balaban J connectivity index is 2.16. The molecule has 0 aromatic heterocycles. The second-order valence-electron chi connectivity index (χ2n) is 6.22. The normalized spacial score (nSPS) is 24.7. The molecule has 0 aromatic carbocycles. The minimum absolute atomic E-state index is 0.307. The number of rotatable bonds is 4. The predicted octanol–water partition coefficient (Wildman–Crippen LogP) is 2.68. The van der Waals surface area contributed by atoms with Crippen LogP contribution in [0, 0.1) is 5.92 Å². The van der Waals surface area contributed by atoms with E-state index in [1.165, 1.54) is 25.7 Å². The molecule has 2 atom stereocenters. The maximum absolute atomic E-state index is 11.5. The molecule has 0 aromatic rings. The Morgan fingerprint density at radius 1 is 1.39 bits per heavy atom. The number of ether oxygens (including phenoxy) is 1. The lowest BCUT2D eigenvalue weighted by Crippen LogP contribution is -2.44. The number of alkyl carbamates (subject to hydrolysis) is 1. The molecule has 0 spiro atoms. The van der Waals surface area contributed by atoms with Gasteiger partial charge < -0.3 is 15.4 Å². The van der Waals surface area contributed by atoms with Crippen LogP contribution in [0.2, 0.25) is 0 Å². The molecule has 18 heavy (non-hydrogen) atoms. The van der Waals surface area contributed by atoms with Crippen molar-refractivity contribution in [3.05, 3.63) is 0 Å². The van der Waals surface area contributed by atoms with Crippen LogP contribution in [0.5, 0.6) is 0 Å². The molecule has 0 bridgehead atoms. The molecule has 1 rings (SSSR count). The molecule has 4 heteroatoms. The monoisotopic (exact) mass is 256 g/mol. The van der Waals surface area contributed by atoms with Gasteiger partial charge in [-0.2, -0.15) is 0 Å². The molecule has 0 aliphatic carbocycles. The Bertz CT molecular complexity index is 253. The molecule has 4 nitrogen and oxygen atoms in total. The zero-order valence-corrected chi connectivity index (χ0v) is 12.2. The first-order chi connectivity index (χ1) is 8.40. The standard InChI is InChI=1S/C14H28N2O2/c1-5-6-12-8-7-11(9-15-12)10-16-13(17)18-14(2,3)4/h11-12,15H,5-10H2,1-4H3,(H,16,17). The van der Waals surface area contributed by atoms with Crippen LogP contribution in [0.4, 0.5) is 4.79 Å². The minimum atomic E-state index is -0.416. The summed E-state index contributed by atoms with van der Waals surface area (Å²) >= 11 is 0. The topological polar surface area (TPSA) is 50.4 Å². The highest BCUT2D eigenvalue weighted by atomic mass is 16.6. The SMILES string of the molecule is CCCC1CCC(CNC(=O)OC(C)(C)C)CN1. The average Bonchev–Trinajstić information content (AvgIpc) is 2.26. The Kier molecular flexibility index (Phi) is 5.93. The third-order valence-corrected chi connectivity index (χ3v) is 3.19. The first-order valence-electron chi connectivity index (χ1n) is 7.11. The molecule has 1 heterocycles. The maximum atomic E-state index is 11.5. The van der Waals surface area contributed by atoms with E-state index in [9.17, 15) is 4.79 Å². The third kappa shape index (κ3) is 6.24. The summed E-state index contributed by atoms with van der Waals surface area (Å²) in [4.78, 5) is 11.5. The number of carbonyl (C=O) groups is 1. The van der Waals surface area contributed by atoms with Crippen LogP contribution in [0.3, 0.4) is 0 Å². The number of nitrogens with one attached hydrogen (secondary N) is 2. The van der Waals surface area contributed by atoms with Crippen molar-refractivity contribution >= 4 is 6.09 Å². The van der Waals surface area contributed by atoms with E-state index in [1.807, 2.05) is 20.8 Å². The van der Waals surface area contributed by atoms with Gasteiger partial charge in [0.25, 0.3) is 0 Å². The van der Waals surface area contributed by atoms with E-state index in [0.29, 0.717) is 18.5 Å². The van der Waals surface area contributed by atoms with Gasteiger partial charge in [0.15, 0.2) is 0 Å². The van der Waals surface area contributed by atoms with E-state index in [0.717, 1.165) is 6.54 Å². The summed E-state index contributed by atoms with van der Waals surface area (Å²) in [6.07, 6.45) is 4.59. The third-order valence-electron chi connectivity index (χ3n) is 3.19. The summed E-state index contributed by atoms with van der Waals surface area (Å²) in [5.41, 5.74) is -0.416. The maximum Gasteiger partial charge on any atom is 0.407 e. The molecule has 0 saturated carbocycles. The molecule has 1 aliphatic heterocycles. The number of hydrogen-bond donors (Lipinski definition) is 2. The second-order valence-corrected chi connectivity index (χ2v) is 6.22. The van der Waals surface area contributed by atoms with Gasteiger partial charge in [-0.15, -0.1) is 0 Å². The van der Waals surface area contributed by atoms with Crippen molar-refractivity contribution in [2.75, 3.05) is 13.1 Å². The van der Waals surface area contributed by atoms with Gasteiger partial charge in [-0.25, -0.2) is 4.79 Å². The van der Waals surface area contributed by atoms with E-state index >= 15 is 0 Å². The highest BCUT2D eigenvalue weighted by molar-refractivity contribution is 5.67. The highest BCUT2D eigenvalue weighted by Gasteiger charge is 2.21. The molecular formula is C14H28N2O2. The second kappa shape index (κ2) is 6.98. The molecule has 106 valence electrons. The summed E-state index contributed by atoms with van der Waals surface area (Å²) in [5.74, 6) is 0.533. The van der Waals surface area contributed by atoms with Crippen molar-refractivity contribution in [1.82, 2.24) is 10.6 Å². The van der Waals surface area contributed by atoms with Crippen LogP contribution < -0.4 is 10.6 Å². The number of piperidine rings is 1. The number of hydrogen-bond acceptors (Lipinski definition) is 3. The minimum Gasteiger partial charge on any atom is -0.444 e. The zero-order chi connectivity index (χ0) is 13.6. The van der Waals surface area contributed by atoms with Gasteiger partial charge in [-0.05, 0) is 52.5 Å². The largest absolute Gasteiger partial charge is 0.444 e. The lowest BCUT2D eigenvalue weighted by atomic mass is 9.93. The summed E-state index contributed by atoms with van der Waals surface area (Å²) in [6.45, 7) is 9.57. The van der Waals surface area contributed by atoms with Gasteiger partial charge in [0, 0.05) is 12.6 Å². The van der Waals surface area contributed by atoms with Gasteiger partial charge in [-0.3, -0.25) is 0 Å². The van der Waals surface area contributed by atoms with Gasteiger partial charge in [0.05, 0.1) is 0 Å². The molecule has 1 saturated heterocycles. The van der Waals surface area contributed by atoms with Crippen molar-refractivity contribution < 1.29 is 9.53 Å². The summed E-state index contributed by atoms with van der Waals surface area (Å²) in [5, 5.41) is 6.40. The van der Waals surface area contributed by atoms with Crippen LogP contribution >= 0.6 is 0 Å². The summed E-state index contributed by atoms with van der Waals surface area (Å²) in [7, 11) is 0. The summed E-state index contributed by atoms with van der Waals surface area (Å²) in [6, 6.07) is 0.674. The first-order valence-corrected chi connectivity index (χ1v) is 7.11. The van der Waals surface area contributed by atoms with E-state index < -0.39 is 5.60 Å². The van der Waals surface area contributed by atoms with Gasteiger partial charge >= 0.3 is 6.09 Å². The van der Waals surface area contributed by atoms with Crippen molar-refractivity contribution in [2.45, 2.75) is 65.0 Å². The van der Waals surface area contributed by atoms with Crippen LogP contribution in [0.25, 0.3) is 0 Å². The van der Waals surface area contributed by atoms with Crippen molar-refractivity contribution in [3.8, 4) is 0 Å². The Morgan fingerprint density at radius 3 is 2.61 bits per heavy atom. The van der Waals surface area contributed by atoms with Crippen molar-refractivity contribution in [1.29, 1.82) is 0 Å². The molecule has 0 radical (unpaired) electrons. The highest BCUT2D eigenvalue weighted by Crippen LogP contribution is 2.16. The Hall–Kier alpha value is -0.770. The van der Waals surface area contributed by atoms with E-state index in [2.05, 4.69) is 17.6 Å². The fraction of sp³-hybridized carbons (Fsp3) is 0.929. The lowest BCUT2D eigenvalue weighted by molar-refractivity contribution is 0.0515. The predicted molar refractivity (Wildman–Crippen MR) is 73.7 cm³/mol. The Morgan fingerprint density at radius 2 is 2.11 bits per heavy atom. The molecule has 2 unspecified atom stereocenters. The van der Waals surface area contributed by atoms with Crippen LogP contribution in [-0.2, 0) is 4.74 Å². The first kappa shape index (κ1) is 15.3. The van der Waals surface area contributed by atoms with E-state index in [-0.39, 0.29) is 6.09 Å². The quantitative estimate of drug-likeness (QED) is 0.813. The number of amides is 1. The smallest absolute Gasteiger partial charge is 0.407 e. The fourth-order valence-electron chi connectivity index (χ4n) is 2.29. The van der Waals surface area contributed by atoms with Crippen molar-refractivity contribution in [2.24, 2.45) is 5.92 Å². The molecule has 1 aliphatic rings.